The predicted molar refractivity (Wildman–Crippen MR) is 51.5 cm³/mol. The van der Waals surface area contributed by atoms with Gasteiger partial charge in [0.2, 0.25) is 0 Å². The van der Waals surface area contributed by atoms with Crippen molar-refractivity contribution < 1.29 is 13.6 Å². The SMILES string of the molecule is O=C(NC1CC1)C(F)(F)c1ccccc1. The smallest absolute Gasteiger partial charge is 0.348 e. The van der Waals surface area contributed by atoms with Gasteiger partial charge in [-0.1, -0.05) is 30.3 Å². The molecule has 0 unspecified atom stereocenters. The first-order valence-corrected chi connectivity index (χ1v) is 4.85. The predicted octanol–water partition coefficient (Wildman–Crippen LogP) is 2.06. The van der Waals surface area contributed by atoms with E-state index in [1.54, 1.807) is 6.07 Å². The summed E-state index contributed by atoms with van der Waals surface area (Å²) >= 11 is 0. The molecule has 0 radical (unpaired) electrons. The molecule has 0 aliphatic heterocycles. The minimum Gasteiger partial charge on any atom is -0.348 e. The second kappa shape index (κ2) is 3.61. The summed E-state index contributed by atoms with van der Waals surface area (Å²) in [5.41, 5.74) is -0.261. The molecule has 0 spiro atoms. The summed E-state index contributed by atoms with van der Waals surface area (Å²) in [5, 5.41) is 2.30. The van der Waals surface area contributed by atoms with Crippen LogP contribution in [0.1, 0.15) is 18.4 Å². The van der Waals surface area contributed by atoms with Crippen molar-refractivity contribution in [3.8, 4) is 0 Å². The van der Waals surface area contributed by atoms with Crippen molar-refractivity contribution in [3.05, 3.63) is 35.9 Å². The minimum absolute atomic E-state index is 0.0490. The van der Waals surface area contributed by atoms with Crippen LogP contribution in [-0.2, 0) is 10.7 Å². The van der Waals surface area contributed by atoms with Gasteiger partial charge < -0.3 is 5.32 Å². The molecule has 0 atom stereocenters. The maximum absolute atomic E-state index is 13.5. The van der Waals surface area contributed by atoms with Crippen molar-refractivity contribution in [1.82, 2.24) is 5.32 Å². The van der Waals surface area contributed by atoms with Gasteiger partial charge in [0.05, 0.1) is 0 Å². The fourth-order valence-electron chi connectivity index (χ4n) is 1.28. The van der Waals surface area contributed by atoms with Crippen LogP contribution >= 0.6 is 0 Å². The van der Waals surface area contributed by atoms with E-state index in [1.807, 2.05) is 0 Å². The molecule has 2 nitrogen and oxygen atoms in total. The molecule has 0 bridgehead atoms. The van der Waals surface area contributed by atoms with Crippen molar-refractivity contribution in [2.24, 2.45) is 0 Å². The lowest BCUT2D eigenvalue weighted by atomic mass is 10.1. The molecule has 0 aromatic heterocycles. The largest absolute Gasteiger partial charge is 0.349 e. The van der Waals surface area contributed by atoms with E-state index >= 15 is 0 Å². The fourth-order valence-corrected chi connectivity index (χ4v) is 1.28. The molecule has 1 aromatic carbocycles. The van der Waals surface area contributed by atoms with Crippen molar-refractivity contribution in [2.75, 3.05) is 0 Å². The molecule has 80 valence electrons. The van der Waals surface area contributed by atoms with Crippen LogP contribution in [0.2, 0.25) is 0 Å². The fraction of sp³-hybridized carbons (Fsp3) is 0.364. The number of hydrogen-bond donors (Lipinski definition) is 1. The summed E-state index contributed by atoms with van der Waals surface area (Å²) < 4.78 is 27.1. The van der Waals surface area contributed by atoms with Crippen LogP contribution in [0.25, 0.3) is 0 Å². The van der Waals surface area contributed by atoms with Crippen LogP contribution in [0.4, 0.5) is 8.78 Å². The number of hydrogen-bond acceptors (Lipinski definition) is 1. The van der Waals surface area contributed by atoms with Gasteiger partial charge in [-0.25, -0.2) is 0 Å². The van der Waals surface area contributed by atoms with Crippen LogP contribution in [0, 0.1) is 0 Å². The van der Waals surface area contributed by atoms with Crippen LogP contribution in [0.3, 0.4) is 0 Å². The molecule has 15 heavy (non-hydrogen) atoms. The Bertz CT molecular complexity index is 360. The van der Waals surface area contributed by atoms with Crippen LogP contribution in [0.15, 0.2) is 30.3 Å². The van der Waals surface area contributed by atoms with Crippen molar-refractivity contribution in [3.63, 3.8) is 0 Å². The van der Waals surface area contributed by atoms with Gasteiger partial charge in [0, 0.05) is 11.6 Å². The topological polar surface area (TPSA) is 29.1 Å². The number of benzene rings is 1. The number of halogens is 2. The van der Waals surface area contributed by atoms with E-state index in [0.717, 1.165) is 12.8 Å². The van der Waals surface area contributed by atoms with Gasteiger partial charge >= 0.3 is 5.92 Å². The van der Waals surface area contributed by atoms with Gasteiger partial charge in [-0.15, -0.1) is 0 Å². The lowest BCUT2D eigenvalue weighted by Crippen LogP contribution is -2.39. The molecule has 1 aliphatic carbocycles. The van der Waals surface area contributed by atoms with E-state index in [-0.39, 0.29) is 11.6 Å². The standard InChI is InChI=1S/C11H11F2NO/c12-11(13,8-4-2-1-3-5-8)10(15)14-9-6-7-9/h1-5,9H,6-7H2,(H,14,15). The first-order valence-electron chi connectivity index (χ1n) is 4.85. The van der Waals surface area contributed by atoms with E-state index in [4.69, 9.17) is 0 Å². The number of alkyl halides is 2. The highest BCUT2D eigenvalue weighted by atomic mass is 19.3. The number of carbonyl (C=O) groups is 1. The van der Waals surface area contributed by atoms with Gasteiger partial charge in [0.25, 0.3) is 5.91 Å². The van der Waals surface area contributed by atoms with Crippen LogP contribution in [-0.4, -0.2) is 11.9 Å². The number of carbonyl (C=O) groups excluding carboxylic acids is 1. The van der Waals surface area contributed by atoms with Crippen LogP contribution in [0.5, 0.6) is 0 Å². The third-order valence-electron chi connectivity index (χ3n) is 2.33. The Morgan fingerprint density at radius 3 is 2.40 bits per heavy atom. The number of amides is 1. The quantitative estimate of drug-likeness (QED) is 0.814. The lowest BCUT2D eigenvalue weighted by molar-refractivity contribution is -0.147. The van der Waals surface area contributed by atoms with E-state index in [9.17, 15) is 13.6 Å². The van der Waals surface area contributed by atoms with Gasteiger partial charge in [-0.3, -0.25) is 4.79 Å². The summed E-state index contributed by atoms with van der Waals surface area (Å²) in [5.74, 6) is -4.62. The highest BCUT2D eigenvalue weighted by Crippen LogP contribution is 2.29. The molecule has 1 amide bonds. The van der Waals surface area contributed by atoms with Gasteiger partial charge in [0.15, 0.2) is 0 Å². The molecule has 1 N–H and O–H groups in total. The molecule has 0 saturated heterocycles. The zero-order chi connectivity index (χ0) is 10.9. The normalized spacial score (nSPS) is 16.1. The summed E-state index contributed by atoms with van der Waals surface area (Å²) in [7, 11) is 0. The zero-order valence-electron chi connectivity index (χ0n) is 8.04. The monoisotopic (exact) mass is 211 g/mol. The molecule has 4 heteroatoms. The molecule has 1 aromatic rings. The summed E-state index contributed by atoms with van der Waals surface area (Å²) in [6.45, 7) is 0. The molecule has 1 fully saturated rings. The highest BCUT2D eigenvalue weighted by Gasteiger charge is 2.42. The Morgan fingerprint density at radius 2 is 1.87 bits per heavy atom. The Balaban J connectivity index is 2.14. The Kier molecular flexibility index (Phi) is 2.42. The van der Waals surface area contributed by atoms with E-state index in [0.29, 0.717) is 0 Å². The second-order valence-electron chi connectivity index (χ2n) is 3.69. The number of nitrogens with one attached hydrogen (secondary N) is 1. The molecule has 1 aliphatic rings. The first-order chi connectivity index (χ1) is 7.10. The molecular weight excluding hydrogens is 200 g/mol. The van der Waals surface area contributed by atoms with Crippen LogP contribution < -0.4 is 5.32 Å². The first kappa shape index (κ1) is 10.1. The summed E-state index contributed by atoms with van der Waals surface area (Å²) in [4.78, 5) is 11.3. The van der Waals surface area contributed by atoms with Gasteiger partial charge in [-0.2, -0.15) is 8.78 Å². The van der Waals surface area contributed by atoms with Gasteiger partial charge in [0.1, 0.15) is 0 Å². The Hall–Kier alpha value is -1.45. The van der Waals surface area contributed by atoms with Gasteiger partial charge in [-0.05, 0) is 12.8 Å². The second-order valence-corrected chi connectivity index (χ2v) is 3.69. The minimum atomic E-state index is -3.43. The Morgan fingerprint density at radius 1 is 1.27 bits per heavy atom. The Labute approximate surface area is 86.3 Å². The third-order valence-corrected chi connectivity index (χ3v) is 2.33. The van der Waals surface area contributed by atoms with E-state index < -0.39 is 11.8 Å². The zero-order valence-corrected chi connectivity index (χ0v) is 8.04. The third kappa shape index (κ3) is 2.14. The van der Waals surface area contributed by atoms with Crippen molar-refractivity contribution in [2.45, 2.75) is 24.8 Å². The van der Waals surface area contributed by atoms with E-state index in [2.05, 4.69) is 5.32 Å². The molecule has 2 rings (SSSR count). The average Bonchev–Trinajstić information content (AvgIpc) is 3.03. The molecule has 0 heterocycles. The summed E-state index contributed by atoms with van der Waals surface area (Å²) in [6, 6.07) is 7.09. The van der Waals surface area contributed by atoms with Crippen molar-refractivity contribution in [1.29, 1.82) is 0 Å². The summed E-state index contributed by atoms with van der Waals surface area (Å²) in [6.07, 6.45) is 1.60. The number of rotatable bonds is 3. The average molecular weight is 211 g/mol. The maximum atomic E-state index is 13.5. The molecular formula is C11H11F2NO. The highest BCUT2D eigenvalue weighted by molar-refractivity contribution is 5.85. The van der Waals surface area contributed by atoms with E-state index in [1.165, 1.54) is 24.3 Å². The molecule has 1 saturated carbocycles. The van der Waals surface area contributed by atoms with Crippen molar-refractivity contribution >= 4 is 5.91 Å². The lowest BCUT2D eigenvalue weighted by Gasteiger charge is -2.15. The maximum Gasteiger partial charge on any atom is 0.349 e.